The van der Waals surface area contributed by atoms with Gasteiger partial charge in [-0.2, -0.15) is 0 Å². The van der Waals surface area contributed by atoms with Crippen molar-refractivity contribution in [2.24, 2.45) is 10.8 Å². The average molecular weight is 539 g/mol. The second kappa shape index (κ2) is 16.4. The largest absolute Gasteiger partial charge is 0.481 e. The molecule has 1 N–H and O–H groups in total. The summed E-state index contributed by atoms with van der Waals surface area (Å²) in [4.78, 5) is 24.5. The number of carboxylic acid groups (broad SMARTS) is 1. The monoisotopic (exact) mass is 538 g/mol. The van der Waals surface area contributed by atoms with Crippen LogP contribution in [-0.4, -0.2) is 23.7 Å². The molecule has 0 heterocycles. The van der Waals surface area contributed by atoms with Crippen molar-refractivity contribution in [3.8, 4) is 0 Å². The van der Waals surface area contributed by atoms with Gasteiger partial charge in [0, 0.05) is 6.42 Å². The zero-order valence-corrected chi connectivity index (χ0v) is 23.6. The van der Waals surface area contributed by atoms with Crippen LogP contribution in [0.3, 0.4) is 0 Å². The van der Waals surface area contributed by atoms with Gasteiger partial charge < -0.3 is 9.84 Å². The van der Waals surface area contributed by atoms with Crippen LogP contribution in [0.1, 0.15) is 108 Å². The Bertz CT molecular complexity index is 979. The minimum atomic E-state index is -0.661. The first-order chi connectivity index (χ1) is 19.0. The lowest BCUT2D eigenvalue weighted by atomic mass is 9.82. The molecule has 3 rings (SSSR count). The Kier molecular flexibility index (Phi) is 13.0. The molecule has 0 saturated carbocycles. The predicted molar refractivity (Wildman–Crippen MR) is 155 cm³/mol. The standard InChI is InChI=1S/C34H47FO4/c35-30-19-17-29(18-20-30)21-28-39-32(38)34(26-15-16-27-34)25-12-10-8-6-4-2-1-3-5-7-9-11-22-33(31(36)37)23-13-14-24-33/h1-2,13,15,17-20,23,26H,3-12,14,16,21-22,24-25,27-28H2,(H,36,37)/b2-1-. The van der Waals surface area contributed by atoms with Gasteiger partial charge >= 0.3 is 11.9 Å². The lowest BCUT2D eigenvalue weighted by molar-refractivity contribution is -0.153. The smallest absolute Gasteiger partial charge is 0.315 e. The van der Waals surface area contributed by atoms with Crippen molar-refractivity contribution in [3.05, 3.63) is 72.1 Å². The van der Waals surface area contributed by atoms with Gasteiger partial charge in [0.15, 0.2) is 0 Å². The zero-order chi connectivity index (χ0) is 27.8. The van der Waals surface area contributed by atoms with Crippen molar-refractivity contribution in [1.82, 2.24) is 0 Å². The van der Waals surface area contributed by atoms with Crippen LogP contribution in [0.15, 0.2) is 60.7 Å². The molecule has 0 amide bonds. The first-order valence-electron chi connectivity index (χ1n) is 15.1. The molecule has 4 nitrogen and oxygen atoms in total. The Balaban J connectivity index is 1.19. The number of esters is 1. The average Bonchev–Trinajstić information content (AvgIpc) is 3.61. The molecular formula is C34H47FO4. The minimum Gasteiger partial charge on any atom is -0.481 e. The van der Waals surface area contributed by atoms with E-state index in [4.69, 9.17) is 4.74 Å². The normalized spacial score (nSPS) is 22.2. The summed E-state index contributed by atoms with van der Waals surface area (Å²) in [5.74, 6) is -1.03. The molecule has 0 aliphatic heterocycles. The van der Waals surface area contributed by atoms with E-state index in [1.54, 1.807) is 12.1 Å². The van der Waals surface area contributed by atoms with Crippen molar-refractivity contribution < 1.29 is 23.8 Å². The molecular weight excluding hydrogens is 491 g/mol. The molecule has 2 unspecified atom stereocenters. The fourth-order valence-corrected chi connectivity index (χ4v) is 5.84. The van der Waals surface area contributed by atoms with Crippen LogP contribution < -0.4 is 0 Å². The molecule has 1 aromatic carbocycles. The third-order valence-corrected chi connectivity index (χ3v) is 8.41. The first kappa shape index (κ1) is 30.8. The number of ether oxygens (including phenoxy) is 1. The number of aliphatic carboxylic acids is 1. The number of hydrogen-bond donors (Lipinski definition) is 1. The quantitative estimate of drug-likeness (QED) is 0.108. The van der Waals surface area contributed by atoms with E-state index in [1.165, 1.54) is 31.4 Å². The molecule has 2 atom stereocenters. The molecule has 39 heavy (non-hydrogen) atoms. The maximum atomic E-state index is 13.1. The summed E-state index contributed by atoms with van der Waals surface area (Å²) in [5, 5.41) is 9.52. The van der Waals surface area contributed by atoms with Gasteiger partial charge in [0.25, 0.3) is 0 Å². The second-order valence-electron chi connectivity index (χ2n) is 11.4. The number of allylic oxidation sites excluding steroid dienone is 4. The number of carbonyl (C=O) groups is 2. The van der Waals surface area contributed by atoms with E-state index < -0.39 is 16.8 Å². The van der Waals surface area contributed by atoms with Crippen molar-refractivity contribution in [3.63, 3.8) is 0 Å². The third-order valence-electron chi connectivity index (χ3n) is 8.41. The SMILES string of the molecule is O=C(O)C1(CCCCCC/C=C\CCCCCCC2(C(=O)OCCc3ccc(F)cc3)C=CCC2)C=CCC1. The van der Waals surface area contributed by atoms with Crippen molar-refractivity contribution >= 4 is 11.9 Å². The summed E-state index contributed by atoms with van der Waals surface area (Å²) in [5.41, 5.74) is -0.0914. The fraction of sp³-hybridized carbons (Fsp3) is 0.588. The Morgan fingerprint density at radius 3 is 1.87 bits per heavy atom. The van der Waals surface area contributed by atoms with Gasteiger partial charge in [0.2, 0.25) is 0 Å². The third kappa shape index (κ3) is 10.1. The molecule has 214 valence electrons. The highest BCUT2D eigenvalue weighted by Gasteiger charge is 2.39. The molecule has 0 fully saturated rings. The molecule has 0 radical (unpaired) electrons. The van der Waals surface area contributed by atoms with Gasteiger partial charge in [0.1, 0.15) is 5.82 Å². The Hall–Kier alpha value is -2.69. The summed E-state index contributed by atoms with van der Waals surface area (Å²) >= 11 is 0. The number of carbonyl (C=O) groups excluding carboxylic acids is 1. The van der Waals surface area contributed by atoms with Crippen molar-refractivity contribution in [2.75, 3.05) is 6.61 Å². The molecule has 0 spiro atoms. The number of hydrogen-bond acceptors (Lipinski definition) is 3. The number of halogens is 1. The van der Waals surface area contributed by atoms with Crippen LogP contribution in [0.4, 0.5) is 4.39 Å². The van der Waals surface area contributed by atoms with Crippen LogP contribution in [-0.2, 0) is 20.7 Å². The highest BCUT2D eigenvalue weighted by atomic mass is 19.1. The summed E-state index contributed by atoms with van der Waals surface area (Å²) in [6.07, 6.45) is 29.4. The topological polar surface area (TPSA) is 63.6 Å². The molecule has 5 heteroatoms. The van der Waals surface area contributed by atoms with E-state index >= 15 is 0 Å². The number of benzene rings is 1. The van der Waals surface area contributed by atoms with E-state index in [9.17, 15) is 19.1 Å². The van der Waals surface area contributed by atoms with Gasteiger partial charge in [-0.05, 0) is 81.9 Å². The van der Waals surface area contributed by atoms with E-state index in [-0.39, 0.29) is 11.8 Å². The summed E-state index contributed by atoms with van der Waals surface area (Å²) in [6.45, 7) is 0.329. The highest BCUT2D eigenvalue weighted by molar-refractivity contribution is 5.79. The highest BCUT2D eigenvalue weighted by Crippen LogP contribution is 2.39. The Labute approximate surface area is 234 Å². The van der Waals surface area contributed by atoms with Gasteiger partial charge in [0.05, 0.1) is 17.4 Å². The Morgan fingerprint density at radius 1 is 0.795 bits per heavy atom. The first-order valence-corrected chi connectivity index (χ1v) is 15.1. The van der Waals surface area contributed by atoms with E-state index in [2.05, 4.69) is 24.3 Å². The maximum Gasteiger partial charge on any atom is 0.315 e. The predicted octanol–water partition coefficient (Wildman–Crippen LogP) is 8.91. The van der Waals surface area contributed by atoms with E-state index in [1.807, 2.05) is 12.2 Å². The molecule has 0 saturated heterocycles. The lowest BCUT2D eigenvalue weighted by Gasteiger charge is -2.25. The van der Waals surface area contributed by atoms with Crippen molar-refractivity contribution in [2.45, 2.75) is 109 Å². The summed E-state index contributed by atoms with van der Waals surface area (Å²) in [7, 11) is 0. The summed E-state index contributed by atoms with van der Waals surface area (Å²) < 4.78 is 18.7. The molecule has 0 bridgehead atoms. The minimum absolute atomic E-state index is 0.113. The van der Waals surface area contributed by atoms with Gasteiger partial charge in [-0.3, -0.25) is 9.59 Å². The van der Waals surface area contributed by atoms with Crippen LogP contribution in [0.2, 0.25) is 0 Å². The number of rotatable bonds is 19. The number of carboxylic acids is 1. The molecule has 0 aromatic heterocycles. The van der Waals surface area contributed by atoms with Gasteiger partial charge in [-0.25, -0.2) is 4.39 Å². The summed E-state index contributed by atoms with van der Waals surface area (Å²) in [6, 6.07) is 6.34. The molecule has 1 aromatic rings. The van der Waals surface area contributed by atoms with E-state index in [0.29, 0.717) is 13.0 Å². The van der Waals surface area contributed by atoms with Crippen LogP contribution in [0, 0.1) is 16.6 Å². The lowest BCUT2D eigenvalue weighted by Crippen LogP contribution is -2.30. The van der Waals surface area contributed by atoms with Crippen LogP contribution >= 0.6 is 0 Å². The Morgan fingerprint density at radius 2 is 1.33 bits per heavy atom. The van der Waals surface area contributed by atoms with E-state index in [0.717, 1.165) is 89.0 Å². The zero-order valence-electron chi connectivity index (χ0n) is 23.6. The second-order valence-corrected chi connectivity index (χ2v) is 11.4. The fourth-order valence-electron chi connectivity index (χ4n) is 5.84. The molecule has 2 aliphatic rings. The molecule has 2 aliphatic carbocycles. The van der Waals surface area contributed by atoms with Crippen LogP contribution in [0.25, 0.3) is 0 Å². The van der Waals surface area contributed by atoms with Gasteiger partial charge in [-0.1, -0.05) is 87.1 Å². The van der Waals surface area contributed by atoms with Crippen molar-refractivity contribution in [1.29, 1.82) is 0 Å². The number of unbranched alkanes of at least 4 members (excludes halogenated alkanes) is 8. The maximum absolute atomic E-state index is 13.1. The van der Waals surface area contributed by atoms with Crippen LogP contribution in [0.5, 0.6) is 0 Å². The van der Waals surface area contributed by atoms with Gasteiger partial charge in [-0.15, -0.1) is 0 Å².